The van der Waals surface area contributed by atoms with Gasteiger partial charge in [-0.2, -0.15) is 10.4 Å². The predicted octanol–water partition coefficient (Wildman–Crippen LogP) is 6.11. The fraction of sp³-hybridized carbons (Fsp3) is 0.0800. The standard InChI is InChI=1S/C25H19N5/c1-17-7-11-20(12-8-17)23-15-22(19-5-3-2-4-6-19)28-25(29-23)24(30-27)21-13-9-18(16-26)10-14-21/h2-15,24,27H,1H3. The SMILES string of the molecule is Cc1ccc(-c2cc(-c3ccccc3)nc(C(N=N)c3ccc(C#N)cc3)n2)cc1. The molecule has 1 aromatic heterocycles. The molecule has 4 aromatic rings. The van der Waals surface area contributed by atoms with Crippen molar-refractivity contribution in [2.24, 2.45) is 5.11 Å². The number of aromatic nitrogens is 2. The summed E-state index contributed by atoms with van der Waals surface area (Å²) in [4.78, 5) is 9.51. The van der Waals surface area contributed by atoms with Crippen molar-refractivity contribution in [1.82, 2.24) is 9.97 Å². The van der Waals surface area contributed by atoms with Crippen molar-refractivity contribution in [3.63, 3.8) is 0 Å². The highest BCUT2D eigenvalue weighted by Gasteiger charge is 2.19. The molecular formula is C25H19N5. The number of aryl methyl sites for hydroxylation is 1. The molecule has 0 spiro atoms. The summed E-state index contributed by atoms with van der Waals surface area (Å²) in [7, 11) is 0. The van der Waals surface area contributed by atoms with E-state index in [9.17, 15) is 0 Å². The minimum Gasteiger partial charge on any atom is -0.230 e. The third-order valence-corrected chi connectivity index (χ3v) is 4.89. The zero-order chi connectivity index (χ0) is 20.9. The van der Waals surface area contributed by atoms with E-state index in [0.29, 0.717) is 11.4 Å². The van der Waals surface area contributed by atoms with Crippen molar-refractivity contribution in [3.05, 3.63) is 107 Å². The Balaban J connectivity index is 1.86. The molecule has 144 valence electrons. The summed E-state index contributed by atoms with van der Waals surface area (Å²) in [5, 5.41) is 12.9. The molecule has 1 N–H and O–H groups in total. The molecule has 0 aliphatic rings. The van der Waals surface area contributed by atoms with Crippen LogP contribution in [0.25, 0.3) is 22.5 Å². The lowest BCUT2D eigenvalue weighted by molar-refractivity contribution is 0.720. The maximum atomic E-state index is 9.05. The number of hydrogen-bond acceptors (Lipinski definition) is 5. The molecule has 0 radical (unpaired) electrons. The van der Waals surface area contributed by atoms with E-state index in [0.717, 1.165) is 28.1 Å². The molecule has 1 heterocycles. The summed E-state index contributed by atoms with van der Waals surface area (Å²) < 4.78 is 0. The van der Waals surface area contributed by atoms with Crippen molar-refractivity contribution in [2.75, 3.05) is 0 Å². The first-order valence-corrected chi connectivity index (χ1v) is 9.56. The maximum Gasteiger partial charge on any atom is 0.160 e. The zero-order valence-electron chi connectivity index (χ0n) is 16.4. The Morgan fingerprint density at radius 2 is 1.43 bits per heavy atom. The molecular weight excluding hydrogens is 370 g/mol. The van der Waals surface area contributed by atoms with Crippen LogP contribution in [0.4, 0.5) is 0 Å². The summed E-state index contributed by atoms with van der Waals surface area (Å²) >= 11 is 0. The summed E-state index contributed by atoms with van der Waals surface area (Å²) in [5.74, 6) is 0.451. The van der Waals surface area contributed by atoms with Crippen LogP contribution in [-0.2, 0) is 0 Å². The summed E-state index contributed by atoms with van der Waals surface area (Å²) in [6.07, 6.45) is 0. The Morgan fingerprint density at radius 1 is 0.833 bits per heavy atom. The third-order valence-electron chi connectivity index (χ3n) is 4.89. The Labute approximate surface area is 175 Å². The van der Waals surface area contributed by atoms with Gasteiger partial charge in [-0.25, -0.2) is 15.5 Å². The van der Waals surface area contributed by atoms with E-state index >= 15 is 0 Å². The van der Waals surface area contributed by atoms with Gasteiger partial charge in [-0.3, -0.25) is 0 Å². The van der Waals surface area contributed by atoms with Crippen LogP contribution in [0.2, 0.25) is 0 Å². The van der Waals surface area contributed by atoms with Crippen LogP contribution in [-0.4, -0.2) is 9.97 Å². The van der Waals surface area contributed by atoms with Crippen LogP contribution in [0.15, 0.2) is 90.0 Å². The Kier molecular flexibility index (Phi) is 5.40. The second-order valence-corrected chi connectivity index (χ2v) is 6.99. The first kappa shape index (κ1) is 19.2. The largest absolute Gasteiger partial charge is 0.230 e. The number of hydrogen-bond donors (Lipinski definition) is 1. The van der Waals surface area contributed by atoms with Gasteiger partial charge in [0.1, 0.15) is 0 Å². The average molecular weight is 389 g/mol. The van der Waals surface area contributed by atoms with Gasteiger partial charge in [0, 0.05) is 11.1 Å². The van der Waals surface area contributed by atoms with E-state index in [1.807, 2.05) is 67.6 Å². The number of nitriles is 1. The maximum absolute atomic E-state index is 9.05. The van der Waals surface area contributed by atoms with Gasteiger partial charge in [0.25, 0.3) is 0 Å². The van der Waals surface area contributed by atoms with Crippen molar-refractivity contribution < 1.29 is 0 Å². The molecule has 1 atom stereocenters. The van der Waals surface area contributed by atoms with E-state index in [1.165, 1.54) is 5.56 Å². The van der Waals surface area contributed by atoms with Crippen LogP contribution in [0.3, 0.4) is 0 Å². The van der Waals surface area contributed by atoms with Gasteiger partial charge in [0.15, 0.2) is 11.9 Å². The fourth-order valence-electron chi connectivity index (χ4n) is 3.24. The van der Waals surface area contributed by atoms with Crippen molar-refractivity contribution in [1.29, 1.82) is 10.8 Å². The number of rotatable bonds is 5. The van der Waals surface area contributed by atoms with Crippen molar-refractivity contribution >= 4 is 0 Å². The van der Waals surface area contributed by atoms with Crippen molar-refractivity contribution in [3.8, 4) is 28.6 Å². The van der Waals surface area contributed by atoms with Gasteiger partial charge in [0.2, 0.25) is 0 Å². The minimum absolute atomic E-state index is 0.451. The van der Waals surface area contributed by atoms with Gasteiger partial charge < -0.3 is 0 Å². The van der Waals surface area contributed by atoms with E-state index < -0.39 is 6.04 Å². The molecule has 4 rings (SSSR count). The summed E-state index contributed by atoms with van der Waals surface area (Å²) in [5.41, 5.74) is 13.8. The molecule has 0 aliphatic carbocycles. The normalized spacial score (nSPS) is 11.5. The Bertz CT molecular complexity index is 1210. The lowest BCUT2D eigenvalue weighted by atomic mass is 10.0. The summed E-state index contributed by atoms with van der Waals surface area (Å²) in [6.45, 7) is 2.05. The lowest BCUT2D eigenvalue weighted by Gasteiger charge is -2.14. The third kappa shape index (κ3) is 3.98. The molecule has 0 bridgehead atoms. The fourth-order valence-corrected chi connectivity index (χ4v) is 3.24. The number of nitrogens with zero attached hydrogens (tertiary/aromatic N) is 4. The highest BCUT2D eigenvalue weighted by Crippen LogP contribution is 2.29. The van der Waals surface area contributed by atoms with Crippen LogP contribution in [0.5, 0.6) is 0 Å². The Hall–Kier alpha value is -4.17. The smallest absolute Gasteiger partial charge is 0.160 e. The van der Waals surface area contributed by atoms with Gasteiger partial charge >= 0.3 is 0 Å². The average Bonchev–Trinajstić information content (AvgIpc) is 2.81. The van der Waals surface area contributed by atoms with Gasteiger partial charge in [-0.1, -0.05) is 72.3 Å². The van der Waals surface area contributed by atoms with Crippen molar-refractivity contribution in [2.45, 2.75) is 13.0 Å². The Morgan fingerprint density at radius 3 is 2.00 bits per heavy atom. The molecule has 1 unspecified atom stereocenters. The van der Waals surface area contributed by atoms with Crippen LogP contribution in [0.1, 0.15) is 28.6 Å². The zero-order valence-corrected chi connectivity index (χ0v) is 16.4. The molecule has 0 aliphatic heterocycles. The topological polar surface area (TPSA) is 85.8 Å². The molecule has 3 aromatic carbocycles. The molecule has 0 saturated carbocycles. The highest BCUT2D eigenvalue weighted by atomic mass is 15.0. The minimum atomic E-state index is -0.648. The van der Waals surface area contributed by atoms with E-state index in [4.69, 9.17) is 20.8 Å². The second kappa shape index (κ2) is 8.46. The van der Waals surface area contributed by atoms with Gasteiger partial charge in [0.05, 0.1) is 23.0 Å². The first-order valence-electron chi connectivity index (χ1n) is 9.56. The van der Waals surface area contributed by atoms with Crippen LogP contribution in [0, 0.1) is 23.8 Å². The van der Waals surface area contributed by atoms with E-state index in [1.54, 1.807) is 24.3 Å². The molecule has 0 fully saturated rings. The van der Waals surface area contributed by atoms with Gasteiger partial charge in [-0.05, 0) is 30.7 Å². The lowest BCUT2D eigenvalue weighted by Crippen LogP contribution is -2.06. The molecule has 5 heteroatoms. The quantitative estimate of drug-likeness (QED) is 0.418. The number of benzene rings is 3. The second-order valence-electron chi connectivity index (χ2n) is 6.99. The van der Waals surface area contributed by atoms with E-state index in [-0.39, 0.29) is 0 Å². The molecule has 5 nitrogen and oxygen atoms in total. The predicted molar refractivity (Wildman–Crippen MR) is 116 cm³/mol. The molecule has 0 saturated heterocycles. The first-order chi connectivity index (χ1) is 14.7. The van der Waals surface area contributed by atoms with Gasteiger partial charge in [-0.15, -0.1) is 0 Å². The number of nitrogens with one attached hydrogen (secondary N) is 1. The highest BCUT2D eigenvalue weighted by molar-refractivity contribution is 5.68. The molecule has 0 amide bonds. The summed E-state index contributed by atoms with van der Waals surface area (Å²) in [6, 6.07) is 28.5. The molecule has 30 heavy (non-hydrogen) atoms. The van der Waals surface area contributed by atoms with Crippen LogP contribution < -0.4 is 0 Å². The van der Waals surface area contributed by atoms with E-state index in [2.05, 4.69) is 11.2 Å². The monoisotopic (exact) mass is 389 g/mol. The van der Waals surface area contributed by atoms with Crippen LogP contribution >= 0.6 is 0 Å².